The molecule has 0 aromatic carbocycles. The lowest BCUT2D eigenvalue weighted by atomic mass is 10.2. The first-order valence-corrected chi connectivity index (χ1v) is 7.17. The van der Waals surface area contributed by atoms with Crippen LogP contribution < -0.4 is 4.90 Å². The SMILES string of the molecule is CCCc1nc(Br)cc(N(C)Cc2ccoc2C)n1. The third-order valence-electron chi connectivity index (χ3n) is 2.97. The van der Waals surface area contributed by atoms with Crippen LogP contribution >= 0.6 is 15.9 Å². The number of nitrogens with zero attached hydrogens (tertiary/aromatic N) is 3. The van der Waals surface area contributed by atoms with Crippen molar-refractivity contribution in [1.82, 2.24) is 9.97 Å². The van der Waals surface area contributed by atoms with Gasteiger partial charge in [-0.1, -0.05) is 6.92 Å². The average Bonchev–Trinajstić information content (AvgIpc) is 2.75. The first kappa shape index (κ1) is 14.1. The predicted molar refractivity (Wildman–Crippen MR) is 79.3 cm³/mol. The van der Waals surface area contributed by atoms with Crippen molar-refractivity contribution in [1.29, 1.82) is 0 Å². The second kappa shape index (κ2) is 6.19. The second-order valence-corrected chi connectivity index (χ2v) is 5.39. The molecule has 4 nitrogen and oxygen atoms in total. The topological polar surface area (TPSA) is 42.2 Å². The summed E-state index contributed by atoms with van der Waals surface area (Å²) in [4.78, 5) is 11.1. The molecular formula is C14H18BrN3O. The molecule has 0 spiro atoms. The lowest BCUT2D eigenvalue weighted by Crippen LogP contribution is -2.18. The minimum Gasteiger partial charge on any atom is -0.469 e. The summed E-state index contributed by atoms with van der Waals surface area (Å²) in [5.41, 5.74) is 1.18. The van der Waals surface area contributed by atoms with Crippen molar-refractivity contribution >= 4 is 21.7 Å². The summed E-state index contributed by atoms with van der Waals surface area (Å²) < 4.78 is 6.15. The molecule has 2 aromatic rings. The van der Waals surface area contributed by atoms with Gasteiger partial charge in [-0.05, 0) is 35.3 Å². The summed E-state index contributed by atoms with van der Waals surface area (Å²) in [7, 11) is 2.02. The normalized spacial score (nSPS) is 10.7. The molecule has 0 saturated carbocycles. The quantitative estimate of drug-likeness (QED) is 0.786. The van der Waals surface area contributed by atoms with E-state index >= 15 is 0 Å². The molecule has 2 heterocycles. The Kier molecular flexibility index (Phi) is 4.58. The summed E-state index contributed by atoms with van der Waals surface area (Å²) in [5, 5.41) is 0. The molecule has 0 aliphatic rings. The highest BCUT2D eigenvalue weighted by atomic mass is 79.9. The predicted octanol–water partition coefficient (Wildman–Crippen LogP) is 3.73. The van der Waals surface area contributed by atoms with E-state index in [0.29, 0.717) is 0 Å². The third-order valence-corrected chi connectivity index (χ3v) is 3.37. The Hall–Kier alpha value is -1.36. The van der Waals surface area contributed by atoms with Crippen molar-refractivity contribution in [3.8, 4) is 0 Å². The van der Waals surface area contributed by atoms with Crippen LogP contribution in [0.25, 0.3) is 0 Å². The molecule has 0 N–H and O–H groups in total. The Morgan fingerprint density at radius 2 is 2.16 bits per heavy atom. The molecule has 102 valence electrons. The van der Waals surface area contributed by atoms with Gasteiger partial charge in [-0.15, -0.1) is 0 Å². The fraction of sp³-hybridized carbons (Fsp3) is 0.429. The largest absolute Gasteiger partial charge is 0.469 e. The summed E-state index contributed by atoms with van der Waals surface area (Å²) in [6, 6.07) is 3.93. The van der Waals surface area contributed by atoms with Crippen LogP contribution in [0.3, 0.4) is 0 Å². The number of furan rings is 1. The molecule has 0 amide bonds. The van der Waals surface area contributed by atoms with E-state index in [1.54, 1.807) is 6.26 Å². The smallest absolute Gasteiger partial charge is 0.133 e. The number of rotatable bonds is 5. The fourth-order valence-corrected chi connectivity index (χ4v) is 2.30. The fourth-order valence-electron chi connectivity index (χ4n) is 1.89. The number of hydrogen-bond acceptors (Lipinski definition) is 4. The summed E-state index contributed by atoms with van der Waals surface area (Å²) in [6.07, 6.45) is 3.66. The third kappa shape index (κ3) is 3.56. The first-order valence-electron chi connectivity index (χ1n) is 6.37. The summed E-state index contributed by atoms with van der Waals surface area (Å²) >= 11 is 3.45. The van der Waals surface area contributed by atoms with Crippen molar-refractivity contribution in [2.24, 2.45) is 0 Å². The molecule has 0 aliphatic heterocycles. The van der Waals surface area contributed by atoms with E-state index in [0.717, 1.165) is 41.4 Å². The van der Waals surface area contributed by atoms with Crippen molar-refractivity contribution in [2.75, 3.05) is 11.9 Å². The van der Waals surface area contributed by atoms with Gasteiger partial charge < -0.3 is 9.32 Å². The highest BCUT2D eigenvalue weighted by molar-refractivity contribution is 9.10. The van der Waals surface area contributed by atoms with Gasteiger partial charge in [0.2, 0.25) is 0 Å². The molecule has 2 aromatic heterocycles. The Bertz CT molecular complexity index is 553. The lowest BCUT2D eigenvalue weighted by molar-refractivity contribution is 0.529. The van der Waals surface area contributed by atoms with Crippen molar-refractivity contribution in [3.63, 3.8) is 0 Å². The Morgan fingerprint density at radius 3 is 2.79 bits per heavy atom. The number of halogens is 1. The summed E-state index contributed by atoms with van der Waals surface area (Å²) in [5.74, 6) is 2.75. The lowest BCUT2D eigenvalue weighted by Gasteiger charge is -2.18. The average molecular weight is 324 g/mol. The van der Waals surface area contributed by atoms with Crippen LogP contribution in [0.5, 0.6) is 0 Å². The van der Waals surface area contributed by atoms with E-state index in [4.69, 9.17) is 4.42 Å². The molecule has 5 heteroatoms. The van der Waals surface area contributed by atoms with E-state index < -0.39 is 0 Å². The second-order valence-electron chi connectivity index (χ2n) is 4.57. The van der Waals surface area contributed by atoms with Crippen molar-refractivity contribution < 1.29 is 4.42 Å². The number of hydrogen-bond donors (Lipinski definition) is 0. The zero-order valence-corrected chi connectivity index (χ0v) is 13.1. The van der Waals surface area contributed by atoms with Gasteiger partial charge >= 0.3 is 0 Å². The van der Waals surface area contributed by atoms with Crippen LogP contribution in [0.4, 0.5) is 5.82 Å². The molecule has 0 bridgehead atoms. The monoisotopic (exact) mass is 323 g/mol. The van der Waals surface area contributed by atoms with Gasteiger partial charge in [0.1, 0.15) is 22.0 Å². The van der Waals surface area contributed by atoms with Crippen LogP contribution in [0, 0.1) is 6.92 Å². The highest BCUT2D eigenvalue weighted by Gasteiger charge is 2.10. The Labute approximate surface area is 122 Å². The molecule has 0 aliphatic carbocycles. The van der Waals surface area contributed by atoms with Gasteiger partial charge in [-0.3, -0.25) is 0 Å². The standard InChI is InChI=1S/C14H18BrN3O/c1-4-5-13-16-12(15)8-14(17-13)18(3)9-11-6-7-19-10(11)2/h6-8H,4-5,9H2,1-3H3. The number of aryl methyl sites for hydroxylation is 2. The zero-order valence-electron chi connectivity index (χ0n) is 11.5. The van der Waals surface area contributed by atoms with Gasteiger partial charge in [0.15, 0.2) is 0 Å². The molecule has 0 saturated heterocycles. The molecule has 19 heavy (non-hydrogen) atoms. The van der Waals surface area contributed by atoms with Crippen LogP contribution in [-0.2, 0) is 13.0 Å². The van der Waals surface area contributed by atoms with Crippen LogP contribution in [0.2, 0.25) is 0 Å². The van der Waals surface area contributed by atoms with Gasteiger partial charge in [-0.25, -0.2) is 9.97 Å². The molecule has 0 radical (unpaired) electrons. The molecule has 0 atom stereocenters. The summed E-state index contributed by atoms with van der Waals surface area (Å²) in [6.45, 7) is 4.88. The van der Waals surface area contributed by atoms with Crippen LogP contribution in [-0.4, -0.2) is 17.0 Å². The zero-order chi connectivity index (χ0) is 13.8. The van der Waals surface area contributed by atoms with Crippen molar-refractivity contribution in [2.45, 2.75) is 33.2 Å². The van der Waals surface area contributed by atoms with Gasteiger partial charge in [0.25, 0.3) is 0 Å². The first-order chi connectivity index (χ1) is 9.10. The maximum absolute atomic E-state index is 5.32. The Balaban J connectivity index is 2.18. The maximum Gasteiger partial charge on any atom is 0.133 e. The minimum absolute atomic E-state index is 0.775. The van der Waals surface area contributed by atoms with E-state index in [-0.39, 0.29) is 0 Å². The van der Waals surface area contributed by atoms with Gasteiger partial charge in [0.05, 0.1) is 6.26 Å². The minimum atomic E-state index is 0.775. The van der Waals surface area contributed by atoms with E-state index in [1.807, 2.05) is 26.1 Å². The molecule has 0 unspecified atom stereocenters. The van der Waals surface area contributed by atoms with E-state index in [9.17, 15) is 0 Å². The molecule has 2 rings (SSSR count). The van der Waals surface area contributed by atoms with Crippen LogP contribution in [0.15, 0.2) is 27.4 Å². The maximum atomic E-state index is 5.32. The van der Waals surface area contributed by atoms with Crippen LogP contribution in [0.1, 0.15) is 30.5 Å². The Morgan fingerprint density at radius 1 is 1.37 bits per heavy atom. The van der Waals surface area contributed by atoms with Gasteiger partial charge in [-0.2, -0.15) is 0 Å². The van der Waals surface area contributed by atoms with E-state index in [1.165, 1.54) is 5.56 Å². The number of aromatic nitrogens is 2. The van der Waals surface area contributed by atoms with Crippen molar-refractivity contribution in [3.05, 3.63) is 40.1 Å². The van der Waals surface area contributed by atoms with Gasteiger partial charge in [0, 0.05) is 31.6 Å². The van der Waals surface area contributed by atoms with E-state index in [2.05, 4.69) is 37.7 Å². The molecule has 0 fully saturated rings. The molecular weight excluding hydrogens is 306 g/mol. The number of anilines is 1. The highest BCUT2D eigenvalue weighted by Crippen LogP contribution is 2.19.